The number of methoxy groups -OCH3 is 1. The molecule has 2 heterocycles. The molecule has 4 aromatic rings. The fraction of sp³-hybridized carbons (Fsp3) is 0.280. The number of fused-ring (bicyclic) bond motifs is 1. The van der Waals surface area contributed by atoms with Crippen LogP contribution in [0.4, 0.5) is 0 Å². The second-order valence-electron chi connectivity index (χ2n) is 8.11. The quantitative estimate of drug-likeness (QED) is 0.450. The molecule has 0 spiro atoms. The van der Waals surface area contributed by atoms with Crippen LogP contribution in [-0.2, 0) is 17.8 Å². The molecule has 1 N–H and O–H groups in total. The van der Waals surface area contributed by atoms with E-state index in [2.05, 4.69) is 21.6 Å². The molecule has 2 aromatic heterocycles. The fourth-order valence-electron chi connectivity index (χ4n) is 3.88. The standard InChI is InChI=1S/C25H27N5O3/c1-17-12-18(2)14-20(13-17)29-10-11-30-22(27-28-24(30)25(29)32)8-5-9-23(31)26-16-19-6-4-7-21(15-19)33-3/h4,6-7,10-15H,5,8-9,16H2,1-3H3,(H,26,31). The zero-order valence-electron chi connectivity index (χ0n) is 19.0. The van der Waals surface area contributed by atoms with Crippen molar-refractivity contribution in [1.29, 1.82) is 0 Å². The summed E-state index contributed by atoms with van der Waals surface area (Å²) in [6.45, 7) is 4.45. The summed E-state index contributed by atoms with van der Waals surface area (Å²) in [5.41, 5.74) is 4.00. The van der Waals surface area contributed by atoms with E-state index < -0.39 is 0 Å². The van der Waals surface area contributed by atoms with Gasteiger partial charge in [0.05, 0.1) is 7.11 Å². The number of hydrogen-bond acceptors (Lipinski definition) is 5. The molecule has 1 amide bonds. The molecule has 33 heavy (non-hydrogen) atoms. The summed E-state index contributed by atoms with van der Waals surface area (Å²) in [4.78, 5) is 25.2. The molecule has 0 unspecified atom stereocenters. The van der Waals surface area contributed by atoms with Gasteiger partial charge in [0, 0.05) is 37.5 Å². The van der Waals surface area contributed by atoms with Gasteiger partial charge in [0.2, 0.25) is 11.6 Å². The number of hydrogen-bond donors (Lipinski definition) is 1. The largest absolute Gasteiger partial charge is 0.497 e. The Hall–Kier alpha value is -3.94. The normalized spacial score (nSPS) is 11.0. The van der Waals surface area contributed by atoms with E-state index in [-0.39, 0.29) is 17.1 Å². The van der Waals surface area contributed by atoms with Crippen LogP contribution < -0.4 is 15.6 Å². The first-order chi connectivity index (χ1) is 15.9. The molecule has 4 rings (SSSR count). The average molecular weight is 446 g/mol. The highest BCUT2D eigenvalue weighted by Crippen LogP contribution is 2.14. The minimum atomic E-state index is -0.225. The number of aromatic nitrogens is 4. The molecule has 8 heteroatoms. The smallest absolute Gasteiger partial charge is 0.300 e. The van der Waals surface area contributed by atoms with E-state index in [4.69, 9.17) is 4.74 Å². The third-order valence-electron chi connectivity index (χ3n) is 5.45. The lowest BCUT2D eigenvalue weighted by atomic mass is 10.1. The molecule has 2 aromatic carbocycles. The van der Waals surface area contributed by atoms with Gasteiger partial charge in [-0.1, -0.05) is 18.2 Å². The van der Waals surface area contributed by atoms with E-state index in [1.54, 1.807) is 28.5 Å². The molecule has 0 saturated carbocycles. The number of carbonyl (C=O) groups is 1. The molecule has 0 fully saturated rings. The Morgan fingerprint density at radius 1 is 1.06 bits per heavy atom. The highest BCUT2D eigenvalue weighted by atomic mass is 16.5. The molecule has 170 valence electrons. The van der Waals surface area contributed by atoms with Crippen LogP contribution in [-0.4, -0.2) is 32.2 Å². The molecule has 0 radical (unpaired) electrons. The van der Waals surface area contributed by atoms with Crippen LogP contribution in [0.5, 0.6) is 5.75 Å². The first-order valence-corrected chi connectivity index (χ1v) is 10.9. The van der Waals surface area contributed by atoms with Gasteiger partial charge in [0.15, 0.2) is 0 Å². The highest BCUT2D eigenvalue weighted by molar-refractivity contribution is 5.75. The van der Waals surface area contributed by atoms with Crippen molar-refractivity contribution in [3.8, 4) is 11.4 Å². The average Bonchev–Trinajstić information content (AvgIpc) is 3.21. The van der Waals surface area contributed by atoms with Crippen molar-refractivity contribution in [3.63, 3.8) is 0 Å². The van der Waals surface area contributed by atoms with Crippen molar-refractivity contribution in [2.75, 3.05) is 7.11 Å². The monoisotopic (exact) mass is 445 g/mol. The lowest BCUT2D eigenvalue weighted by Crippen LogP contribution is -2.22. The Kier molecular flexibility index (Phi) is 6.53. The Labute approximate surface area is 191 Å². The molecule has 0 aliphatic heterocycles. The van der Waals surface area contributed by atoms with Crippen LogP contribution in [0.15, 0.2) is 59.7 Å². The fourth-order valence-corrected chi connectivity index (χ4v) is 3.88. The summed E-state index contributed by atoms with van der Waals surface area (Å²) < 4.78 is 8.49. The van der Waals surface area contributed by atoms with Gasteiger partial charge in [-0.2, -0.15) is 0 Å². The molecule has 0 bridgehead atoms. The summed E-state index contributed by atoms with van der Waals surface area (Å²) in [7, 11) is 1.62. The van der Waals surface area contributed by atoms with Crippen LogP contribution in [0, 0.1) is 13.8 Å². The lowest BCUT2D eigenvalue weighted by Gasteiger charge is -2.09. The molecule has 0 aliphatic rings. The van der Waals surface area contributed by atoms with Crippen molar-refractivity contribution in [2.24, 2.45) is 0 Å². The summed E-state index contributed by atoms with van der Waals surface area (Å²) in [5.74, 6) is 1.39. The summed E-state index contributed by atoms with van der Waals surface area (Å²) >= 11 is 0. The van der Waals surface area contributed by atoms with E-state index in [0.29, 0.717) is 31.6 Å². The topological polar surface area (TPSA) is 90.5 Å². The number of benzene rings is 2. The number of carbonyl (C=O) groups excluding carboxylic acids is 1. The van der Waals surface area contributed by atoms with E-state index in [9.17, 15) is 9.59 Å². The first kappa shape index (κ1) is 22.3. The minimum Gasteiger partial charge on any atom is -0.497 e. The van der Waals surface area contributed by atoms with Gasteiger partial charge in [-0.25, -0.2) is 0 Å². The van der Waals surface area contributed by atoms with Crippen molar-refractivity contribution >= 4 is 11.6 Å². The molecule has 8 nitrogen and oxygen atoms in total. The maximum absolute atomic E-state index is 13.0. The molecule has 0 atom stereocenters. The SMILES string of the molecule is COc1cccc(CNC(=O)CCCc2nnc3c(=O)n(-c4cc(C)cc(C)c4)ccn23)c1. The summed E-state index contributed by atoms with van der Waals surface area (Å²) in [5, 5.41) is 11.2. The third kappa shape index (κ3) is 5.11. The number of amides is 1. The molecular formula is C25H27N5O3. The summed E-state index contributed by atoms with van der Waals surface area (Å²) in [6, 6.07) is 13.6. The molecule has 0 aliphatic carbocycles. The number of aryl methyl sites for hydroxylation is 3. The van der Waals surface area contributed by atoms with Crippen molar-refractivity contribution in [3.05, 3.63) is 87.7 Å². The van der Waals surface area contributed by atoms with Crippen LogP contribution >= 0.6 is 0 Å². The van der Waals surface area contributed by atoms with Crippen molar-refractivity contribution in [1.82, 2.24) is 24.5 Å². The van der Waals surface area contributed by atoms with Gasteiger partial charge in [-0.3, -0.25) is 18.6 Å². The van der Waals surface area contributed by atoms with E-state index in [0.717, 1.165) is 28.1 Å². The second-order valence-corrected chi connectivity index (χ2v) is 8.11. The summed E-state index contributed by atoms with van der Waals surface area (Å²) in [6.07, 6.45) is 5.04. The zero-order valence-corrected chi connectivity index (χ0v) is 19.0. The molecule has 0 saturated heterocycles. The van der Waals surface area contributed by atoms with Crippen LogP contribution in [0.25, 0.3) is 11.3 Å². The van der Waals surface area contributed by atoms with E-state index in [1.807, 2.05) is 50.2 Å². The van der Waals surface area contributed by atoms with Gasteiger partial charge in [0.25, 0.3) is 0 Å². The van der Waals surface area contributed by atoms with E-state index in [1.165, 1.54) is 0 Å². The zero-order chi connectivity index (χ0) is 23.4. The minimum absolute atomic E-state index is 0.0381. The lowest BCUT2D eigenvalue weighted by molar-refractivity contribution is -0.121. The van der Waals surface area contributed by atoms with Gasteiger partial charge in [-0.15, -0.1) is 10.2 Å². The third-order valence-corrected chi connectivity index (χ3v) is 5.45. The number of nitrogens with one attached hydrogen (secondary N) is 1. The number of ether oxygens (including phenoxy) is 1. The van der Waals surface area contributed by atoms with Gasteiger partial charge in [0.1, 0.15) is 11.6 Å². The second kappa shape index (κ2) is 9.68. The van der Waals surface area contributed by atoms with Crippen molar-refractivity contribution < 1.29 is 9.53 Å². The predicted molar refractivity (Wildman–Crippen MR) is 126 cm³/mol. The Morgan fingerprint density at radius 3 is 2.61 bits per heavy atom. The predicted octanol–water partition coefficient (Wildman–Crippen LogP) is 3.14. The maximum atomic E-state index is 13.0. The van der Waals surface area contributed by atoms with Crippen LogP contribution in [0.2, 0.25) is 0 Å². The van der Waals surface area contributed by atoms with E-state index >= 15 is 0 Å². The van der Waals surface area contributed by atoms with Gasteiger partial charge >= 0.3 is 5.56 Å². The van der Waals surface area contributed by atoms with Gasteiger partial charge < -0.3 is 10.1 Å². The number of rotatable bonds is 8. The van der Waals surface area contributed by atoms with Crippen LogP contribution in [0.3, 0.4) is 0 Å². The first-order valence-electron chi connectivity index (χ1n) is 10.9. The van der Waals surface area contributed by atoms with Crippen molar-refractivity contribution in [2.45, 2.75) is 39.7 Å². The van der Waals surface area contributed by atoms with Gasteiger partial charge in [-0.05, 0) is 61.2 Å². The maximum Gasteiger partial charge on any atom is 0.300 e. The Morgan fingerprint density at radius 2 is 1.85 bits per heavy atom. The Balaban J connectivity index is 1.38. The highest BCUT2D eigenvalue weighted by Gasteiger charge is 2.12. The van der Waals surface area contributed by atoms with Crippen LogP contribution in [0.1, 0.15) is 35.4 Å². The molecular weight excluding hydrogens is 418 g/mol. The number of nitrogens with zero attached hydrogens (tertiary/aromatic N) is 4. The Bertz CT molecular complexity index is 1340.